The fourth-order valence-electron chi connectivity index (χ4n) is 2.56. The molecule has 1 atom stereocenters. The molecule has 0 N–H and O–H groups in total. The van der Waals surface area contributed by atoms with Crippen LogP contribution in [0, 0.1) is 0 Å². The normalized spacial score (nSPS) is 16.7. The van der Waals surface area contributed by atoms with Gasteiger partial charge in [-0.3, -0.25) is 9.69 Å². The van der Waals surface area contributed by atoms with E-state index < -0.39 is 6.09 Å². The minimum Gasteiger partial charge on any atom is -0.410 e. The van der Waals surface area contributed by atoms with Crippen molar-refractivity contribution in [2.45, 2.75) is 19.1 Å². The van der Waals surface area contributed by atoms with Crippen molar-refractivity contribution in [1.82, 2.24) is 4.90 Å². The monoisotopic (exact) mass is 337 g/mol. The lowest BCUT2D eigenvalue weighted by molar-refractivity contribution is -0.116. The van der Waals surface area contributed by atoms with E-state index in [0.717, 1.165) is 5.56 Å². The summed E-state index contributed by atoms with van der Waals surface area (Å²) in [4.78, 5) is 25.5. The van der Waals surface area contributed by atoms with Crippen molar-refractivity contribution in [3.05, 3.63) is 78.5 Å². The number of benzene rings is 2. The van der Waals surface area contributed by atoms with E-state index in [0.29, 0.717) is 12.4 Å². The van der Waals surface area contributed by atoms with Crippen LogP contribution in [0.2, 0.25) is 0 Å². The third kappa shape index (κ3) is 4.78. The predicted octanol–water partition coefficient (Wildman–Crippen LogP) is 3.56. The number of hydrogen-bond donors (Lipinski definition) is 0. The number of carbonyl (C=O) groups excluding carboxylic acids is 2. The summed E-state index contributed by atoms with van der Waals surface area (Å²) in [5, 5.41) is 0. The molecule has 25 heavy (non-hydrogen) atoms. The number of rotatable bonds is 5. The van der Waals surface area contributed by atoms with Crippen LogP contribution >= 0.6 is 0 Å². The van der Waals surface area contributed by atoms with Gasteiger partial charge < -0.3 is 9.47 Å². The van der Waals surface area contributed by atoms with Gasteiger partial charge >= 0.3 is 6.09 Å². The van der Waals surface area contributed by atoms with E-state index in [4.69, 9.17) is 9.47 Å². The Morgan fingerprint density at radius 1 is 1.04 bits per heavy atom. The third-order valence-corrected chi connectivity index (χ3v) is 3.83. The summed E-state index contributed by atoms with van der Waals surface area (Å²) in [6.07, 6.45) is 2.55. The SMILES string of the molecule is O=C1C=CN(C(=O)Oc2ccccc2)[C@H](COCc2ccccc2)C1. The number of ketones is 1. The molecule has 0 bridgehead atoms. The molecule has 0 aromatic heterocycles. The minimum atomic E-state index is -0.525. The first-order valence-electron chi connectivity index (χ1n) is 8.10. The molecule has 128 valence electrons. The highest BCUT2D eigenvalue weighted by Crippen LogP contribution is 2.17. The largest absolute Gasteiger partial charge is 0.419 e. The van der Waals surface area contributed by atoms with Crippen LogP contribution in [0.4, 0.5) is 4.79 Å². The van der Waals surface area contributed by atoms with E-state index in [2.05, 4.69) is 0 Å². The first-order chi connectivity index (χ1) is 12.2. The highest BCUT2D eigenvalue weighted by atomic mass is 16.6. The van der Waals surface area contributed by atoms with Crippen LogP contribution in [-0.2, 0) is 16.1 Å². The smallest absolute Gasteiger partial charge is 0.410 e. The fraction of sp³-hybridized carbons (Fsp3) is 0.200. The molecular weight excluding hydrogens is 318 g/mol. The van der Waals surface area contributed by atoms with E-state index in [1.54, 1.807) is 24.3 Å². The standard InChI is InChI=1S/C20H19NO4/c22-18-11-12-21(20(23)25-19-9-5-2-6-10-19)17(13-18)15-24-14-16-7-3-1-4-8-16/h1-12,17H,13-15H2/t17-/m0/s1. The van der Waals surface area contributed by atoms with Crippen molar-refractivity contribution >= 4 is 11.9 Å². The Labute approximate surface area is 146 Å². The number of para-hydroxylation sites is 1. The van der Waals surface area contributed by atoms with Gasteiger partial charge in [0, 0.05) is 12.6 Å². The molecule has 2 aromatic carbocycles. The average molecular weight is 337 g/mol. The van der Waals surface area contributed by atoms with E-state index in [1.807, 2.05) is 36.4 Å². The Hall–Kier alpha value is -2.92. The van der Waals surface area contributed by atoms with Crippen LogP contribution in [-0.4, -0.2) is 29.4 Å². The highest BCUT2D eigenvalue weighted by molar-refractivity contribution is 5.92. The number of hydrogen-bond acceptors (Lipinski definition) is 4. The van der Waals surface area contributed by atoms with Gasteiger partial charge in [0.15, 0.2) is 5.78 Å². The Bertz CT molecular complexity index is 743. The number of amides is 1. The molecule has 0 spiro atoms. The van der Waals surface area contributed by atoms with Crippen LogP contribution in [0.15, 0.2) is 72.9 Å². The van der Waals surface area contributed by atoms with Gasteiger partial charge in [0.25, 0.3) is 0 Å². The molecule has 0 fully saturated rings. The molecule has 5 nitrogen and oxygen atoms in total. The van der Waals surface area contributed by atoms with E-state index >= 15 is 0 Å². The van der Waals surface area contributed by atoms with Crippen LogP contribution in [0.25, 0.3) is 0 Å². The van der Waals surface area contributed by atoms with Crippen LogP contribution in [0.1, 0.15) is 12.0 Å². The van der Waals surface area contributed by atoms with Gasteiger partial charge in [-0.05, 0) is 23.8 Å². The summed E-state index contributed by atoms with van der Waals surface area (Å²) in [5.74, 6) is 0.429. The zero-order valence-electron chi connectivity index (χ0n) is 13.7. The summed E-state index contributed by atoms with van der Waals surface area (Å²) in [6.45, 7) is 0.686. The number of carbonyl (C=O) groups is 2. The Kier molecular flexibility index (Phi) is 5.59. The van der Waals surface area contributed by atoms with Gasteiger partial charge in [-0.2, -0.15) is 0 Å². The van der Waals surface area contributed by atoms with Crippen molar-refractivity contribution in [1.29, 1.82) is 0 Å². The first-order valence-corrected chi connectivity index (χ1v) is 8.10. The van der Waals surface area contributed by atoms with E-state index in [-0.39, 0.29) is 24.9 Å². The summed E-state index contributed by atoms with van der Waals surface area (Å²) in [6, 6.07) is 18.2. The second-order valence-corrected chi connectivity index (χ2v) is 5.73. The van der Waals surface area contributed by atoms with Gasteiger partial charge in [-0.25, -0.2) is 4.79 Å². The first kappa shape index (κ1) is 16.9. The number of allylic oxidation sites excluding steroid dienone is 1. The molecule has 5 heteroatoms. The molecule has 0 saturated heterocycles. The predicted molar refractivity (Wildman–Crippen MR) is 93.0 cm³/mol. The van der Waals surface area contributed by atoms with Gasteiger partial charge in [0.05, 0.1) is 19.3 Å². The Morgan fingerprint density at radius 2 is 1.72 bits per heavy atom. The van der Waals surface area contributed by atoms with Crippen LogP contribution in [0.5, 0.6) is 5.75 Å². The minimum absolute atomic E-state index is 0.0305. The fourth-order valence-corrected chi connectivity index (χ4v) is 2.56. The Balaban J connectivity index is 1.60. The molecule has 0 radical (unpaired) electrons. The molecule has 0 saturated carbocycles. The van der Waals surface area contributed by atoms with Gasteiger partial charge in [0.2, 0.25) is 0 Å². The van der Waals surface area contributed by atoms with Crippen LogP contribution < -0.4 is 4.74 Å². The van der Waals surface area contributed by atoms with E-state index in [9.17, 15) is 9.59 Å². The van der Waals surface area contributed by atoms with Gasteiger partial charge in [-0.1, -0.05) is 48.5 Å². The quantitative estimate of drug-likeness (QED) is 0.837. The maximum Gasteiger partial charge on any atom is 0.419 e. The topological polar surface area (TPSA) is 55.8 Å². The third-order valence-electron chi connectivity index (χ3n) is 3.83. The number of nitrogens with zero attached hydrogens (tertiary/aromatic N) is 1. The average Bonchev–Trinajstić information content (AvgIpc) is 2.63. The highest BCUT2D eigenvalue weighted by Gasteiger charge is 2.28. The van der Waals surface area contributed by atoms with Gasteiger partial charge in [0.1, 0.15) is 5.75 Å². The molecule has 2 aromatic rings. The van der Waals surface area contributed by atoms with Crippen LogP contribution in [0.3, 0.4) is 0 Å². The van der Waals surface area contributed by atoms with Gasteiger partial charge in [-0.15, -0.1) is 0 Å². The summed E-state index contributed by atoms with van der Waals surface area (Å²) in [5.41, 5.74) is 1.04. The summed E-state index contributed by atoms with van der Waals surface area (Å²) < 4.78 is 11.1. The second kappa shape index (κ2) is 8.26. The zero-order valence-corrected chi connectivity index (χ0v) is 13.7. The molecule has 3 rings (SSSR count). The molecular formula is C20H19NO4. The second-order valence-electron chi connectivity index (χ2n) is 5.73. The summed E-state index contributed by atoms with van der Waals surface area (Å²) in [7, 11) is 0. The molecule has 1 aliphatic rings. The maximum absolute atomic E-state index is 12.4. The molecule has 1 amide bonds. The number of ether oxygens (including phenoxy) is 2. The Morgan fingerprint density at radius 3 is 2.44 bits per heavy atom. The lowest BCUT2D eigenvalue weighted by Crippen LogP contribution is -2.44. The van der Waals surface area contributed by atoms with Crippen molar-refractivity contribution in [2.75, 3.05) is 6.61 Å². The van der Waals surface area contributed by atoms with Crippen molar-refractivity contribution in [2.24, 2.45) is 0 Å². The zero-order chi connectivity index (χ0) is 17.5. The van der Waals surface area contributed by atoms with E-state index in [1.165, 1.54) is 17.2 Å². The molecule has 0 unspecified atom stereocenters. The molecule has 1 aliphatic heterocycles. The lowest BCUT2D eigenvalue weighted by atomic mass is 10.1. The van der Waals surface area contributed by atoms with Crippen molar-refractivity contribution in [3.8, 4) is 5.75 Å². The summed E-state index contributed by atoms with van der Waals surface area (Å²) >= 11 is 0. The molecule has 0 aliphatic carbocycles. The van der Waals surface area contributed by atoms with Crippen molar-refractivity contribution in [3.63, 3.8) is 0 Å². The van der Waals surface area contributed by atoms with Crippen molar-refractivity contribution < 1.29 is 19.1 Å². The lowest BCUT2D eigenvalue weighted by Gasteiger charge is -2.29. The maximum atomic E-state index is 12.4. The molecule has 1 heterocycles.